The Bertz CT molecular complexity index is 2350. The van der Waals surface area contributed by atoms with Gasteiger partial charge >= 0.3 is 0 Å². The van der Waals surface area contributed by atoms with E-state index in [1.807, 2.05) is 24.4 Å². The first-order valence-corrected chi connectivity index (χ1v) is 16.9. The Morgan fingerprint density at radius 2 is 1.27 bits per heavy atom. The van der Waals surface area contributed by atoms with Crippen LogP contribution in [0.25, 0.3) is 61.9 Å². The van der Waals surface area contributed by atoms with Gasteiger partial charge in [-0.3, -0.25) is 4.98 Å². The van der Waals surface area contributed by atoms with Gasteiger partial charge in [0.25, 0.3) is 0 Å². The van der Waals surface area contributed by atoms with Crippen molar-refractivity contribution in [2.24, 2.45) is 5.92 Å². The third-order valence-electron chi connectivity index (χ3n) is 10.3. The van der Waals surface area contributed by atoms with Gasteiger partial charge < -0.3 is 0 Å². The maximum atomic E-state index is 5.42. The van der Waals surface area contributed by atoms with E-state index >= 15 is 0 Å². The van der Waals surface area contributed by atoms with E-state index in [1.54, 1.807) is 0 Å². The summed E-state index contributed by atoms with van der Waals surface area (Å²) in [4.78, 5) is 15.4. The Kier molecular flexibility index (Phi) is 6.86. The summed E-state index contributed by atoms with van der Waals surface area (Å²) in [5.74, 6) is 1.56. The molecule has 0 spiro atoms. The number of hydrogen-bond donors (Lipinski definition) is 0. The maximum Gasteiger partial charge on any atom is 0.160 e. The molecule has 3 atom stereocenters. The molecule has 48 heavy (non-hydrogen) atoms. The van der Waals surface area contributed by atoms with Crippen molar-refractivity contribution >= 4 is 16.8 Å². The van der Waals surface area contributed by atoms with E-state index in [1.165, 1.54) is 49.7 Å². The number of benzene rings is 5. The van der Waals surface area contributed by atoms with Gasteiger partial charge in [0.2, 0.25) is 0 Å². The third kappa shape index (κ3) is 4.77. The number of pyridine rings is 1. The van der Waals surface area contributed by atoms with Crippen LogP contribution in [-0.4, -0.2) is 15.0 Å². The standard InChI is InChI=1S/C45H35N3/c1-28-18-23-34-32(25-28)26-40(38-15-6-5-13-36(34)38)42-27-43(44-29(2)33-11-3-4-12-35(33)37-14-7-8-16-39(37)44)48-45(47-42)31-21-19-30(20-22-31)41-17-9-10-24-46-41/h3-24,26-29,44H,25H2,1-2H3. The second-order valence-electron chi connectivity index (χ2n) is 13.3. The normalized spacial score (nSPS) is 17.8. The van der Waals surface area contributed by atoms with Crippen LogP contribution in [0.4, 0.5) is 0 Å². The highest BCUT2D eigenvalue weighted by molar-refractivity contribution is 6.02. The van der Waals surface area contributed by atoms with Crippen LogP contribution in [-0.2, 0) is 6.42 Å². The Hall–Kier alpha value is -5.67. The predicted molar refractivity (Wildman–Crippen MR) is 198 cm³/mol. The van der Waals surface area contributed by atoms with Crippen molar-refractivity contribution < 1.29 is 0 Å². The van der Waals surface area contributed by atoms with Gasteiger partial charge in [0.05, 0.1) is 17.1 Å². The molecular formula is C45H35N3. The van der Waals surface area contributed by atoms with Gasteiger partial charge in [0.15, 0.2) is 5.82 Å². The molecule has 0 saturated heterocycles. The third-order valence-corrected chi connectivity index (χ3v) is 10.3. The van der Waals surface area contributed by atoms with Crippen molar-refractivity contribution in [2.75, 3.05) is 0 Å². The number of aromatic nitrogens is 3. The zero-order valence-electron chi connectivity index (χ0n) is 27.1. The van der Waals surface area contributed by atoms with Gasteiger partial charge in [-0.05, 0) is 86.7 Å². The van der Waals surface area contributed by atoms with Crippen molar-refractivity contribution in [2.45, 2.75) is 32.1 Å². The molecule has 2 heterocycles. The molecule has 0 fully saturated rings. The van der Waals surface area contributed by atoms with Gasteiger partial charge in [-0.2, -0.15) is 0 Å². The average molecular weight is 618 g/mol. The Morgan fingerprint density at radius 1 is 0.583 bits per heavy atom. The van der Waals surface area contributed by atoms with Gasteiger partial charge in [-0.25, -0.2) is 9.97 Å². The van der Waals surface area contributed by atoms with Crippen LogP contribution in [0.2, 0.25) is 0 Å². The molecule has 0 bridgehead atoms. The molecule has 2 aromatic heterocycles. The van der Waals surface area contributed by atoms with E-state index in [0.717, 1.165) is 40.5 Å². The van der Waals surface area contributed by atoms with Crippen molar-refractivity contribution in [3.63, 3.8) is 0 Å². The molecule has 0 saturated carbocycles. The first kappa shape index (κ1) is 28.5. The fraction of sp³-hybridized carbons (Fsp3) is 0.133. The molecule has 2 aliphatic carbocycles. The highest BCUT2D eigenvalue weighted by Crippen LogP contribution is 2.50. The largest absolute Gasteiger partial charge is 0.256 e. The molecule has 9 rings (SSSR count). The lowest BCUT2D eigenvalue weighted by molar-refractivity contribution is 0.633. The first-order chi connectivity index (χ1) is 23.6. The van der Waals surface area contributed by atoms with Gasteiger partial charge in [-0.15, -0.1) is 0 Å². The van der Waals surface area contributed by atoms with Crippen molar-refractivity contribution in [1.82, 2.24) is 15.0 Å². The second kappa shape index (κ2) is 11.5. The van der Waals surface area contributed by atoms with Crippen molar-refractivity contribution in [3.8, 4) is 45.0 Å². The molecule has 230 valence electrons. The molecule has 3 heteroatoms. The van der Waals surface area contributed by atoms with Crippen LogP contribution in [0.1, 0.15) is 53.6 Å². The molecule has 0 aliphatic heterocycles. The lowest BCUT2D eigenvalue weighted by Crippen LogP contribution is -2.18. The van der Waals surface area contributed by atoms with Crippen molar-refractivity contribution in [1.29, 1.82) is 0 Å². The fourth-order valence-corrected chi connectivity index (χ4v) is 7.94. The van der Waals surface area contributed by atoms with E-state index in [-0.39, 0.29) is 11.8 Å². The summed E-state index contributed by atoms with van der Waals surface area (Å²) >= 11 is 0. The number of allylic oxidation sites excluding steroid dienone is 1. The minimum atomic E-state index is 0.0799. The summed E-state index contributed by atoms with van der Waals surface area (Å²) in [6.45, 7) is 4.65. The molecule has 0 N–H and O–H groups in total. The van der Waals surface area contributed by atoms with Crippen LogP contribution in [0, 0.1) is 5.92 Å². The van der Waals surface area contributed by atoms with Gasteiger partial charge in [0, 0.05) is 28.8 Å². The van der Waals surface area contributed by atoms with Crippen LogP contribution in [0.15, 0.2) is 140 Å². The zero-order chi connectivity index (χ0) is 32.2. The predicted octanol–water partition coefficient (Wildman–Crippen LogP) is 11.1. The van der Waals surface area contributed by atoms with E-state index in [9.17, 15) is 0 Å². The summed E-state index contributed by atoms with van der Waals surface area (Å²) in [5.41, 5.74) is 14.2. The second-order valence-corrected chi connectivity index (χ2v) is 13.3. The Balaban J connectivity index is 1.27. The molecule has 7 aromatic rings. The summed E-state index contributed by atoms with van der Waals surface area (Å²) in [6.07, 6.45) is 7.51. The quantitative estimate of drug-likeness (QED) is 0.197. The zero-order valence-corrected chi connectivity index (χ0v) is 27.1. The van der Waals surface area contributed by atoms with E-state index in [4.69, 9.17) is 9.97 Å². The number of hydrogen-bond acceptors (Lipinski definition) is 3. The lowest BCUT2D eigenvalue weighted by atomic mass is 9.71. The molecule has 3 unspecified atom stereocenters. The number of fused-ring (bicyclic) bond motifs is 6. The van der Waals surface area contributed by atoms with Crippen LogP contribution >= 0.6 is 0 Å². The first-order valence-electron chi connectivity index (χ1n) is 16.9. The van der Waals surface area contributed by atoms with Crippen molar-refractivity contribution in [3.05, 3.63) is 168 Å². The SMILES string of the molecule is CC1C=Cc2c(cc(-c3cc(C4c5ccccc5-c5ccccc5C4C)nc(-c4ccc(-c5ccccn5)cc4)n3)c3ccccc23)C1. The number of nitrogens with zero attached hydrogens (tertiary/aromatic N) is 3. The maximum absolute atomic E-state index is 5.42. The lowest BCUT2D eigenvalue weighted by Gasteiger charge is -2.33. The van der Waals surface area contributed by atoms with Gasteiger partial charge in [0.1, 0.15) is 0 Å². The van der Waals surface area contributed by atoms with E-state index in [2.05, 4.69) is 140 Å². The van der Waals surface area contributed by atoms with E-state index < -0.39 is 0 Å². The summed E-state index contributed by atoms with van der Waals surface area (Å²) in [6, 6.07) is 45.7. The van der Waals surface area contributed by atoms with Gasteiger partial charge in [-0.1, -0.05) is 129 Å². The summed E-state index contributed by atoms with van der Waals surface area (Å²) < 4.78 is 0. The Morgan fingerprint density at radius 3 is 2.06 bits per heavy atom. The molecule has 2 aliphatic rings. The number of rotatable bonds is 4. The summed E-state index contributed by atoms with van der Waals surface area (Å²) in [5, 5.41) is 2.50. The topological polar surface area (TPSA) is 38.7 Å². The van der Waals surface area contributed by atoms with E-state index in [0.29, 0.717) is 5.92 Å². The molecule has 0 radical (unpaired) electrons. The van der Waals surface area contributed by atoms with Crippen LogP contribution in [0.5, 0.6) is 0 Å². The Labute approximate surface area is 281 Å². The molecule has 0 amide bonds. The van der Waals surface area contributed by atoms with Crippen LogP contribution < -0.4 is 0 Å². The fourth-order valence-electron chi connectivity index (χ4n) is 7.94. The highest BCUT2D eigenvalue weighted by atomic mass is 14.9. The minimum absolute atomic E-state index is 0.0799. The van der Waals surface area contributed by atoms with Crippen LogP contribution in [0.3, 0.4) is 0 Å². The monoisotopic (exact) mass is 617 g/mol. The molecule has 3 nitrogen and oxygen atoms in total. The molecular weight excluding hydrogens is 583 g/mol. The average Bonchev–Trinajstić information content (AvgIpc) is 3.15. The smallest absolute Gasteiger partial charge is 0.160 e. The molecule has 5 aromatic carbocycles. The minimum Gasteiger partial charge on any atom is -0.256 e. The summed E-state index contributed by atoms with van der Waals surface area (Å²) in [7, 11) is 0. The highest BCUT2D eigenvalue weighted by Gasteiger charge is 2.33.